The third kappa shape index (κ3) is 2.86. The van der Waals surface area contributed by atoms with Gasteiger partial charge in [0.1, 0.15) is 0 Å². The molecular formula is C16H31N. The van der Waals surface area contributed by atoms with E-state index < -0.39 is 0 Å². The Labute approximate surface area is 108 Å². The highest BCUT2D eigenvalue weighted by Crippen LogP contribution is 2.38. The molecule has 1 heterocycles. The predicted molar refractivity (Wildman–Crippen MR) is 75.1 cm³/mol. The van der Waals surface area contributed by atoms with Crippen molar-refractivity contribution < 1.29 is 0 Å². The maximum atomic E-state index is 2.82. The Morgan fingerprint density at radius 1 is 1.12 bits per heavy atom. The van der Waals surface area contributed by atoms with E-state index in [0.717, 1.165) is 29.7 Å². The van der Waals surface area contributed by atoms with Gasteiger partial charge in [-0.2, -0.15) is 0 Å². The first-order valence-corrected chi connectivity index (χ1v) is 7.87. The topological polar surface area (TPSA) is 3.24 Å². The summed E-state index contributed by atoms with van der Waals surface area (Å²) >= 11 is 0. The highest BCUT2D eigenvalue weighted by molar-refractivity contribution is 4.89. The Bertz CT molecular complexity index is 230. The molecule has 0 aromatic carbocycles. The Morgan fingerprint density at radius 3 is 2.29 bits per heavy atom. The van der Waals surface area contributed by atoms with Crippen molar-refractivity contribution in [2.75, 3.05) is 13.1 Å². The van der Waals surface area contributed by atoms with Crippen LogP contribution < -0.4 is 0 Å². The van der Waals surface area contributed by atoms with Gasteiger partial charge in [-0.3, -0.25) is 0 Å². The van der Waals surface area contributed by atoms with Gasteiger partial charge in [0.2, 0.25) is 0 Å². The largest absolute Gasteiger partial charge is 0.300 e. The van der Waals surface area contributed by atoms with Gasteiger partial charge in [-0.1, -0.05) is 40.5 Å². The van der Waals surface area contributed by atoms with Crippen LogP contribution in [-0.2, 0) is 0 Å². The van der Waals surface area contributed by atoms with Crippen LogP contribution in [0.4, 0.5) is 0 Å². The first kappa shape index (κ1) is 13.4. The molecule has 17 heavy (non-hydrogen) atoms. The summed E-state index contributed by atoms with van der Waals surface area (Å²) < 4.78 is 0. The number of hydrogen-bond acceptors (Lipinski definition) is 1. The third-order valence-electron chi connectivity index (χ3n) is 5.68. The van der Waals surface area contributed by atoms with E-state index in [9.17, 15) is 0 Å². The van der Waals surface area contributed by atoms with Crippen LogP contribution in [0, 0.1) is 23.7 Å². The molecular weight excluding hydrogens is 206 g/mol. The van der Waals surface area contributed by atoms with Crippen molar-refractivity contribution in [2.45, 2.75) is 65.8 Å². The summed E-state index contributed by atoms with van der Waals surface area (Å²) in [6.45, 7) is 12.5. The Hall–Kier alpha value is -0.0400. The van der Waals surface area contributed by atoms with E-state index in [1.54, 1.807) is 0 Å². The molecule has 2 fully saturated rings. The van der Waals surface area contributed by atoms with Crippen LogP contribution in [0.1, 0.15) is 59.8 Å². The Balaban J connectivity index is 1.97. The number of piperidine rings is 1. The van der Waals surface area contributed by atoms with E-state index in [0.29, 0.717) is 0 Å². The fraction of sp³-hybridized carbons (Fsp3) is 1.00. The van der Waals surface area contributed by atoms with Crippen LogP contribution in [0.5, 0.6) is 0 Å². The molecule has 100 valence electrons. The molecule has 1 heteroatoms. The lowest BCUT2D eigenvalue weighted by Crippen LogP contribution is -2.50. The third-order valence-corrected chi connectivity index (χ3v) is 5.68. The van der Waals surface area contributed by atoms with Gasteiger partial charge >= 0.3 is 0 Å². The Kier molecular flexibility index (Phi) is 4.52. The summed E-state index contributed by atoms with van der Waals surface area (Å²) in [5.41, 5.74) is 0. The molecule has 0 amide bonds. The highest BCUT2D eigenvalue weighted by atomic mass is 15.2. The number of hydrogen-bond donors (Lipinski definition) is 0. The summed E-state index contributed by atoms with van der Waals surface area (Å²) in [6, 6.07) is 0.953. The lowest BCUT2D eigenvalue weighted by atomic mass is 9.72. The van der Waals surface area contributed by atoms with Crippen LogP contribution in [0.2, 0.25) is 0 Å². The van der Waals surface area contributed by atoms with Crippen molar-refractivity contribution in [2.24, 2.45) is 23.7 Å². The molecule has 3 atom stereocenters. The van der Waals surface area contributed by atoms with E-state index in [1.165, 1.54) is 45.2 Å². The van der Waals surface area contributed by atoms with Gasteiger partial charge in [0.15, 0.2) is 0 Å². The molecule has 0 N–H and O–H groups in total. The summed E-state index contributed by atoms with van der Waals surface area (Å²) in [7, 11) is 0. The molecule has 1 aliphatic carbocycles. The fourth-order valence-corrected chi connectivity index (χ4v) is 3.74. The SMILES string of the molecule is CC[C@@H]1CCN(C2CCC2)C[C@H]1C(C)C(C)C. The zero-order valence-corrected chi connectivity index (χ0v) is 12.3. The molecule has 0 aromatic heterocycles. The second-order valence-electron chi connectivity index (χ2n) is 6.80. The standard InChI is InChI=1S/C16H31N/c1-5-14-9-10-17(15-7-6-8-15)11-16(14)13(4)12(2)3/h12-16H,5-11H2,1-4H3/t13?,14-,16+/m1/s1. The van der Waals surface area contributed by atoms with Gasteiger partial charge in [-0.05, 0) is 49.5 Å². The fourth-order valence-electron chi connectivity index (χ4n) is 3.74. The van der Waals surface area contributed by atoms with Crippen LogP contribution in [0.15, 0.2) is 0 Å². The summed E-state index contributed by atoms with van der Waals surface area (Å²) in [4.78, 5) is 2.82. The minimum atomic E-state index is 0.843. The molecule has 0 aromatic rings. The molecule has 1 saturated heterocycles. The zero-order valence-electron chi connectivity index (χ0n) is 12.3. The van der Waals surface area contributed by atoms with Gasteiger partial charge in [0.05, 0.1) is 0 Å². The van der Waals surface area contributed by atoms with Gasteiger partial charge < -0.3 is 4.90 Å². The van der Waals surface area contributed by atoms with E-state index in [1.807, 2.05) is 0 Å². The van der Waals surface area contributed by atoms with E-state index in [-0.39, 0.29) is 0 Å². The average Bonchev–Trinajstić information content (AvgIpc) is 2.25. The van der Waals surface area contributed by atoms with Crippen LogP contribution in [0.25, 0.3) is 0 Å². The molecule has 2 aliphatic rings. The van der Waals surface area contributed by atoms with Crippen molar-refractivity contribution in [1.29, 1.82) is 0 Å². The lowest BCUT2D eigenvalue weighted by Gasteiger charge is -2.47. The minimum Gasteiger partial charge on any atom is -0.300 e. The molecule has 1 saturated carbocycles. The van der Waals surface area contributed by atoms with Gasteiger partial charge in [0.25, 0.3) is 0 Å². The lowest BCUT2D eigenvalue weighted by molar-refractivity contribution is 0.0166. The van der Waals surface area contributed by atoms with E-state index in [2.05, 4.69) is 32.6 Å². The van der Waals surface area contributed by atoms with E-state index >= 15 is 0 Å². The van der Waals surface area contributed by atoms with Gasteiger partial charge in [-0.25, -0.2) is 0 Å². The smallest absolute Gasteiger partial charge is 0.00953 e. The van der Waals surface area contributed by atoms with Crippen molar-refractivity contribution >= 4 is 0 Å². The monoisotopic (exact) mass is 237 g/mol. The highest BCUT2D eigenvalue weighted by Gasteiger charge is 2.36. The van der Waals surface area contributed by atoms with Crippen LogP contribution >= 0.6 is 0 Å². The molecule has 0 spiro atoms. The first-order chi connectivity index (χ1) is 8.13. The molecule has 0 radical (unpaired) electrons. The normalized spacial score (nSPS) is 33.7. The number of nitrogens with zero attached hydrogens (tertiary/aromatic N) is 1. The Morgan fingerprint density at radius 2 is 1.82 bits per heavy atom. The molecule has 2 rings (SSSR count). The molecule has 1 nitrogen and oxygen atoms in total. The van der Waals surface area contributed by atoms with Crippen molar-refractivity contribution in [3.8, 4) is 0 Å². The van der Waals surface area contributed by atoms with Gasteiger partial charge in [-0.15, -0.1) is 0 Å². The summed E-state index contributed by atoms with van der Waals surface area (Å²) in [5.74, 6) is 3.68. The van der Waals surface area contributed by atoms with Crippen molar-refractivity contribution in [3.63, 3.8) is 0 Å². The van der Waals surface area contributed by atoms with Crippen LogP contribution in [-0.4, -0.2) is 24.0 Å². The van der Waals surface area contributed by atoms with Crippen molar-refractivity contribution in [3.05, 3.63) is 0 Å². The van der Waals surface area contributed by atoms with Crippen LogP contribution in [0.3, 0.4) is 0 Å². The van der Waals surface area contributed by atoms with Gasteiger partial charge in [0, 0.05) is 12.6 Å². The summed E-state index contributed by atoms with van der Waals surface area (Å²) in [5, 5.41) is 0. The quantitative estimate of drug-likeness (QED) is 0.709. The molecule has 1 aliphatic heterocycles. The zero-order chi connectivity index (χ0) is 12.4. The maximum Gasteiger partial charge on any atom is 0.00953 e. The van der Waals surface area contributed by atoms with Crippen molar-refractivity contribution in [1.82, 2.24) is 4.90 Å². The number of rotatable bonds is 4. The predicted octanol–water partition coefficient (Wildman–Crippen LogP) is 4.18. The minimum absolute atomic E-state index is 0.843. The first-order valence-electron chi connectivity index (χ1n) is 7.87. The summed E-state index contributed by atoms with van der Waals surface area (Å²) in [6.07, 6.45) is 7.26. The maximum absolute atomic E-state index is 2.82. The average molecular weight is 237 g/mol. The second-order valence-corrected chi connectivity index (χ2v) is 6.80. The molecule has 1 unspecified atom stereocenters. The van der Waals surface area contributed by atoms with E-state index in [4.69, 9.17) is 0 Å². The second kappa shape index (κ2) is 5.73. The molecule has 0 bridgehead atoms. The number of likely N-dealkylation sites (tertiary alicyclic amines) is 1.